The van der Waals surface area contributed by atoms with E-state index >= 15 is 0 Å². The molecule has 0 radical (unpaired) electrons. The molecule has 0 unspecified atom stereocenters. The molecule has 0 saturated heterocycles. The zero-order valence-electron chi connectivity index (χ0n) is 13.2. The number of hydrogen-bond acceptors (Lipinski definition) is 4. The van der Waals surface area contributed by atoms with E-state index in [4.69, 9.17) is 0 Å². The van der Waals surface area contributed by atoms with Crippen LogP contribution in [0, 0.1) is 0 Å². The van der Waals surface area contributed by atoms with E-state index in [2.05, 4.69) is 44.9 Å². The molecule has 0 aliphatic rings. The highest BCUT2D eigenvalue weighted by atomic mass is 15.0. The predicted octanol–water partition coefficient (Wildman–Crippen LogP) is 3.61. The Labute approximate surface area is 137 Å². The summed E-state index contributed by atoms with van der Waals surface area (Å²) in [5.74, 6) is 0.947. The Morgan fingerprint density at radius 1 is 0.783 bits per heavy atom. The Morgan fingerprint density at radius 3 is 2.57 bits per heavy atom. The maximum Gasteiger partial charge on any atom is 0.125 e. The van der Waals surface area contributed by atoms with Gasteiger partial charge in [0.15, 0.2) is 0 Å². The summed E-state index contributed by atoms with van der Waals surface area (Å²) in [6.45, 7) is 2.82. The third-order valence-corrected chi connectivity index (χ3v) is 3.78. The molecule has 0 fully saturated rings. The normalized spacial score (nSPS) is 10.8. The van der Waals surface area contributed by atoms with Crippen LogP contribution in [-0.4, -0.2) is 23.1 Å². The molecule has 4 nitrogen and oxygen atoms in total. The van der Waals surface area contributed by atoms with E-state index in [1.54, 1.807) is 0 Å². The number of fused-ring (bicyclic) bond motifs is 1. The lowest BCUT2D eigenvalue weighted by atomic mass is 10.1. The Kier molecular flexibility index (Phi) is 5.53. The van der Waals surface area contributed by atoms with Gasteiger partial charge in [0.25, 0.3) is 0 Å². The first-order valence-corrected chi connectivity index (χ1v) is 8.12. The molecule has 0 spiro atoms. The molecule has 3 rings (SSSR count). The number of nitrogens with one attached hydrogen (secondary N) is 2. The van der Waals surface area contributed by atoms with Crippen molar-refractivity contribution in [2.24, 2.45) is 0 Å². The van der Waals surface area contributed by atoms with E-state index < -0.39 is 0 Å². The Morgan fingerprint density at radius 2 is 1.65 bits per heavy atom. The largest absolute Gasteiger partial charge is 0.370 e. The fraction of sp³-hybridized carbons (Fsp3) is 0.263. The summed E-state index contributed by atoms with van der Waals surface area (Å²) in [5.41, 5.74) is 2.36. The van der Waals surface area contributed by atoms with Gasteiger partial charge in [-0.25, -0.2) is 4.98 Å². The minimum atomic E-state index is 0.863. The number of rotatable bonds is 8. The van der Waals surface area contributed by atoms with E-state index in [1.807, 2.05) is 36.7 Å². The van der Waals surface area contributed by atoms with Crippen molar-refractivity contribution in [1.82, 2.24) is 15.3 Å². The molecule has 3 aromatic rings. The molecule has 23 heavy (non-hydrogen) atoms. The monoisotopic (exact) mass is 306 g/mol. The number of nitrogens with zero attached hydrogens (tertiary/aromatic N) is 2. The molecular weight excluding hydrogens is 284 g/mol. The van der Waals surface area contributed by atoms with Gasteiger partial charge in [0.2, 0.25) is 0 Å². The van der Waals surface area contributed by atoms with Gasteiger partial charge < -0.3 is 10.6 Å². The first kappa shape index (κ1) is 15.4. The van der Waals surface area contributed by atoms with Crippen LogP contribution in [0.15, 0.2) is 60.9 Å². The summed E-state index contributed by atoms with van der Waals surface area (Å²) >= 11 is 0. The van der Waals surface area contributed by atoms with Crippen LogP contribution in [-0.2, 0) is 6.54 Å². The lowest BCUT2D eigenvalue weighted by Gasteiger charge is -2.08. The second-order valence-electron chi connectivity index (χ2n) is 5.52. The van der Waals surface area contributed by atoms with Crippen LogP contribution >= 0.6 is 0 Å². The lowest BCUT2D eigenvalue weighted by molar-refractivity contribution is 0.634. The number of aromatic nitrogens is 2. The quantitative estimate of drug-likeness (QED) is 0.624. The predicted molar refractivity (Wildman–Crippen MR) is 95.4 cm³/mol. The number of pyridine rings is 2. The van der Waals surface area contributed by atoms with Crippen LogP contribution in [0.4, 0.5) is 5.82 Å². The number of benzene rings is 1. The fourth-order valence-electron chi connectivity index (χ4n) is 2.59. The average Bonchev–Trinajstić information content (AvgIpc) is 2.62. The van der Waals surface area contributed by atoms with Crippen LogP contribution in [0.5, 0.6) is 0 Å². The molecular formula is C19H22N4. The zero-order chi connectivity index (χ0) is 15.7. The van der Waals surface area contributed by atoms with E-state index in [0.717, 1.165) is 43.8 Å². The third kappa shape index (κ3) is 4.50. The maximum atomic E-state index is 4.49. The fourth-order valence-corrected chi connectivity index (χ4v) is 2.59. The minimum absolute atomic E-state index is 0.863. The van der Waals surface area contributed by atoms with Crippen LogP contribution in [0.2, 0.25) is 0 Å². The molecule has 1 aromatic carbocycles. The summed E-state index contributed by atoms with van der Waals surface area (Å²) < 4.78 is 0. The molecule has 2 aromatic heterocycles. The number of anilines is 1. The Hall–Kier alpha value is -2.46. The average molecular weight is 306 g/mol. The summed E-state index contributed by atoms with van der Waals surface area (Å²) in [7, 11) is 0. The zero-order valence-corrected chi connectivity index (χ0v) is 13.2. The summed E-state index contributed by atoms with van der Waals surface area (Å²) in [6.07, 6.45) is 5.92. The SMILES string of the molecule is c1ccc(NCCCCNCc2cccc3cccnc23)nc1. The molecule has 0 amide bonds. The highest BCUT2D eigenvalue weighted by Gasteiger charge is 2.00. The van der Waals surface area contributed by atoms with Gasteiger partial charge in [0, 0.05) is 30.9 Å². The topological polar surface area (TPSA) is 49.8 Å². The van der Waals surface area contributed by atoms with Crippen LogP contribution in [0.1, 0.15) is 18.4 Å². The summed E-state index contributed by atoms with van der Waals surface area (Å²) in [4.78, 5) is 8.73. The van der Waals surface area contributed by atoms with Crippen molar-refractivity contribution < 1.29 is 0 Å². The van der Waals surface area contributed by atoms with Gasteiger partial charge in [0.05, 0.1) is 5.52 Å². The van der Waals surface area contributed by atoms with Gasteiger partial charge in [-0.3, -0.25) is 4.98 Å². The molecule has 0 bridgehead atoms. The van der Waals surface area contributed by atoms with Crippen molar-refractivity contribution in [3.8, 4) is 0 Å². The Bertz CT molecular complexity index is 722. The standard InChI is InChI=1S/C19H22N4/c1-2-12-21-18(10-1)22-13-4-3-11-20-15-17-8-5-7-16-9-6-14-23-19(16)17/h1-2,5-10,12,14,20H,3-4,11,13,15H2,(H,21,22). The van der Waals surface area contributed by atoms with E-state index in [1.165, 1.54) is 10.9 Å². The van der Waals surface area contributed by atoms with Crippen LogP contribution in [0.25, 0.3) is 10.9 Å². The van der Waals surface area contributed by atoms with Crippen LogP contribution in [0.3, 0.4) is 0 Å². The molecule has 0 saturated carbocycles. The van der Waals surface area contributed by atoms with Crippen molar-refractivity contribution in [3.63, 3.8) is 0 Å². The van der Waals surface area contributed by atoms with E-state index in [9.17, 15) is 0 Å². The van der Waals surface area contributed by atoms with Crippen molar-refractivity contribution >= 4 is 16.7 Å². The highest BCUT2D eigenvalue weighted by Crippen LogP contribution is 2.15. The van der Waals surface area contributed by atoms with E-state index in [0.29, 0.717) is 0 Å². The smallest absolute Gasteiger partial charge is 0.125 e. The van der Waals surface area contributed by atoms with Gasteiger partial charge in [-0.2, -0.15) is 0 Å². The molecule has 4 heteroatoms. The molecule has 118 valence electrons. The molecule has 2 heterocycles. The van der Waals surface area contributed by atoms with Crippen molar-refractivity contribution in [2.45, 2.75) is 19.4 Å². The van der Waals surface area contributed by atoms with Crippen LogP contribution < -0.4 is 10.6 Å². The highest BCUT2D eigenvalue weighted by molar-refractivity contribution is 5.81. The molecule has 2 N–H and O–H groups in total. The molecule has 0 aliphatic carbocycles. The molecule has 0 atom stereocenters. The summed E-state index contributed by atoms with van der Waals surface area (Å²) in [5, 5.41) is 8.04. The first-order valence-electron chi connectivity index (χ1n) is 8.12. The van der Waals surface area contributed by atoms with Gasteiger partial charge >= 0.3 is 0 Å². The Balaban J connectivity index is 1.37. The summed E-state index contributed by atoms with van der Waals surface area (Å²) in [6, 6.07) is 16.3. The van der Waals surface area contributed by atoms with Crippen molar-refractivity contribution in [1.29, 1.82) is 0 Å². The van der Waals surface area contributed by atoms with Gasteiger partial charge in [-0.1, -0.05) is 30.3 Å². The number of para-hydroxylation sites is 1. The van der Waals surface area contributed by atoms with Crippen molar-refractivity contribution in [2.75, 3.05) is 18.4 Å². The third-order valence-electron chi connectivity index (χ3n) is 3.78. The second-order valence-corrected chi connectivity index (χ2v) is 5.52. The van der Waals surface area contributed by atoms with Gasteiger partial charge in [0.1, 0.15) is 5.82 Å². The van der Waals surface area contributed by atoms with E-state index in [-0.39, 0.29) is 0 Å². The second kappa shape index (κ2) is 8.25. The maximum absolute atomic E-state index is 4.49. The van der Waals surface area contributed by atoms with Crippen molar-refractivity contribution in [3.05, 3.63) is 66.5 Å². The molecule has 0 aliphatic heterocycles. The number of hydrogen-bond donors (Lipinski definition) is 2. The lowest BCUT2D eigenvalue weighted by Crippen LogP contribution is -2.16. The van der Waals surface area contributed by atoms with Gasteiger partial charge in [-0.15, -0.1) is 0 Å². The number of unbranched alkanes of at least 4 members (excludes halogenated alkanes) is 1. The van der Waals surface area contributed by atoms with Gasteiger partial charge in [-0.05, 0) is 43.1 Å². The first-order chi connectivity index (χ1) is 11.4. The minimum Gasteiger partial charge on any atom is -0.370 e.